The number of nitrogens with one attached hydrogen (secondary N) is 1. The Hall–Kier alpha value is -4.46. The first-order chi connectivity index (χ1) is 19.0. The van der Waals surface area contributed by atoms with Crippen LogP contribution in [0.2, 0.25) is 0 Å². The molecular formula is C31H31N3O5. The molecule has 0 spiro atoms. The smallest absolute Gasteiger partial charge is 0.246 e. The van der Waals surface area contributed by atoms with Gasteiger partial charge in [0, 0.05) is 29.6 Å². The van der Waals surface area contributed by atoms with E-state index in [4.69, 9.17) is 14.2 Å². The number of amides is 2. The molecule has 200 valence electrons. The fraction of sp³-hybridized carbons (Fsp3) is 0.290. The summed E-state index contributed by atoms with van der Waals surface area (Å²) in [7, 11) is 4.83. The van der Waals surface area contributed by atoms with Gasteiger partial charge < -0.3 is 29.0 Å². The van der Waals surface area contributed by atoms with E-state index >= 15 is 0 Å². The highest BCUT2D eigenvalue weighted by molar-refractivity contribution is 5.97. The summed E-state index contributed by atoms with van der Waals surface area (Å²) in [6.07, 6.45) is 1.08. The number of hydrogen-bond acceptors (Lipinski definition) is 5. The summed E-state index contributed by atoms with van der Waals surface area (Å²) in [6.45, 7) is 0.489. The monoisotopic (exact) mass is 525 g/mol. The van der Waals surface area contributed by atoms with Crippen LogP contribution in [0.4, 0.5) is 0 Å². The van der Waals surface area contributed by atoms with Crippen molar-refractivity contribution in [2.24, 2.45) is 0 Å². The van der Waals surface area contributed by atoms with Crippen LogP contribution in [0.1, 0.15) is 28.4 Å². The summed E-state index contributed by atoms with van der Waals surface area (Å²) in [5.74, 6) is 1.96. The summed E-state index contributed by atoms with van der Waals surface area (Å²) < 4.78 is 16.1. The predicted octanol–water partition coefficient (Wildman–Crippen LogP) is 4.12. The quantitative estimate of drug-likeness (QED) is 0.393. The van der Waals surface area contributed by atoms with Crippen molar-refractivity contribution >= 4 is 22.7 Å². The highest BCUT2D eigenvalue weighted by Gasteiger charge is 2.48. The van der Waals surface area contributed by atoms with Crippen LogP contribution < -0.4 is 14.2 Å². The van der Waals surface area contributed by atoms with Gasteiger partial charge in [0.05, 0.1) is 33.9 Å². The molecule has 39 heavy (non-hydrogen) atoms. The normalized spacial score (nSPS) is 18.6. The first-order valence-corrected chi connectivity index (χ1v) is 13.1. The van der Waals surface area contributed by atoms with Crippen LogP contribution >= 0.6 is 0 Å². The van der Waals surface area contributed by atoms with Gasteiger partial charge in [-0.2, -0.15) is 0 Å². The zero-order chi connectivity index (χ0) is 27.1. The molecule has 1 aromatic heterocycles. The maximum atomic E-state index is 14.0. The molecule has 0 radical (unpaired) electrons. The molecule has 0 aliphatic carbocycles. The fourth-order valence-electron chi connectivity index (χ4n) is 5.95. The summed E-state index contributed by atoms with van der Waals surface area (Å²) in [5.41, 5.74) is 5.02. The minimum Gasteiger partial charge on any atom is -0.497 e. The van der Waals surface area contributed by atoms with Gasteiger partial charge in [-0.05, 0) is 53.4 Å². The molecule has 2 amide bonds. The molecule has 0 saturated carbocycles. The van der Waals surface area contributed by atoms with Crippen LogP contribution in [0.25, 0.3) is 10.9 Å². The lowest BCUT2D eigenvalue weighted by atomic mass is 9.86. The molecule has 0 bridgehead atoms. The first kappa shape index (κ1) is 24.9. The number of H-pyrrole nitrogens is 1. The minimum atomic E-state index is -0.574. The van der Waals surface area contributed by atoms with Crippen molar-refractivity contribution in [1.82, 2.24) is 14.8 Å². The molecule has 4 aromatic rings. The number of carbonyl (C=O) groups is 2. The van der Waals surface area contributed by atoms with Crippen LogP contribution in [-0.2, 0) is 22.4 Å². The highest BCUT2D eigenvalue weighted by atomic mass is 16.5. The van der Waals surface area contributed by atoms with Gasteiger partial charge in [-0.3, -0.25) is 9.59 Å². The summed E-state index contributed by atoms with van der Waals surface area (Å²) in [5, 5.41) is 1.09. The Morgan fingerprint density at radius 3 is 2.41 bits per heavy atom. The van der Waals surface area contributed by atoms with Gasteiger partial charge >= 0.3 is 0 Å². The van der Waals surface area contributed by atoms with E-state index in [9.17, 15) is 9.59 Å². The number of benzene rings is 3. The second-order valence-corrected chi connectivity index (χ2v) is 9.96. The third-order valence-corrected chi connectivity index (χ3v) is 7.89. The molecule has 8 heteroatoms. The minimum absolute atomic E-state index is 0.0236. The van der Waals surface area contributed by atoms with Gasteiger partial charge in [-0.1, -0.05) is 36.4 Å². The Morgan fingerprint density at radius 1 is 0.897 bits per heavy atom. The van der Waals surface area contributed by atoms with Crippen LogP contribution in [0, 0.1) is 0 Å². The number of aromatic nitrogens is 1. The lowest BCUT2D eigenvalue weighted by Crippen LogP contribution is -2.63. The van der Waals surface area contributed by atoms with Gasteiger partial charge in [-0.15, -0.1) is 0 Å². The van der Waals surface area contributed by atoms with Gasteiger partial charge in [0.1, 0.15) is 11.8 Å². The zero-order valence-corrected chi connectivity index (χ0v) is 22.3. The van der Waals surface area contributed by atoms with Crippen molar-refractivity contribution in [3.8, 4) is 17.2 Å². The Balaban J connectivity index is 1.33. The van der Waals surface area contributed by atoms with E-state index in [1.807, 2.05) is 60.7 Å². The number of carbonyl (C=O) groups excluding carboxylic acids is 2. The number of piperazine rings is 1. The van der Waals surface area contributed by atoms with Crippen LogP contribution in [-0.4, -0.2) is 67.1 Å². The van der Waals surface area contributed by atoms with E-state index in [1.165, 1.54) is 0 Å². The molecule has 8 nitrogen and oxygen atoms in total. The van der Waals surface area contributed by atoms with Gasteiger partial charge in [0.25, 0.3) is 0 Å². The third-order valence-electron chi connectivity index (χ3n) is 7.89. The average molecular weight is 526 g/mol. The van der Waals surface area contributed by atoms with Gasteiger partial charge in [-0.25, -0.2) is 0 Å². The molecule has 1 fully saturated rings. The van der Waals surface area contributed by atoms with E-state index in [2.05, 4.69) is 11.1 Å². The average Bonchev–Trinajstić information content (AvgIpc) is 3.35. The number of nitrogens with zero attached hydrogens (tertiary/aromatic N) is 2. The molecule has 0 unspecified atom stereocenters. The molecule has 1 N–H and O–H groups in total. The Labute approximate surface area is 227 Å². The molecule has 2 atom stereocenters. The van der Waals surface area contributed by atoms with E-state index in [0.717, 1.165) is 39.0 Å². The Morgan fingerprint density at radius 2 is 1.67 bits per heavy atom. The lowest BCUT2D eigenvalue weighted by molar-refractivity contribution is -0.158. The molecule has 1 saturated heterocycles. The van der Waals surface area contributed by atoms with E-state index in [-0.39, 0.29) is 24.4 Å². The summed E-state index contributed by atoms with van der Waals surface area (Å²) in [4.78, 5) is 34.8. The van der Waals surface area contributed by atoms with Crippen molar-refractivity contribution in [3.05, 3.63) is 89.1 Å². The van der Waals surface area contributed by atoms with E-state index < -0.39 is 6.04 Å². The number of methoxy groups -OCH3 is 3. The van der Waals surface area contributed by atoms with Crippen molar-refractivity contribution in [3.63, 3.8) is 0 Å². The first-order valence-electron chi connectivity index (χ1n) is 13.1. The molecular weight excluding hydrogens is 494 g/mol. The van der Waals surface area contributed by atoms with Crippen molar-refractivity contribution in [2.75, 3.05) is 34.4 Å². The van der Waals surface area contributed by atoms with E-state index in [1.54, 1.807) is 31.1 Å². The predicted molar refractivity (Wildman–Crippen MR) is 147 cm³/mol. The number of ether oxygens (including phenoxy) is 3. The van der Waals surface area contributed by atoms with Crippen LogP contribution in [0.3, 0.4) is 0 Å². The third kappa shape index (κ3) is 4.26. The molecule has 2 aliphatic heterocycles. The standard InChI is InChI=1S/C31H31N3O5/c1-37-21-11-9-20(10-12-21)30-29-23(22-6-4-5-7-24(22)32-29)17-25-31(36)33(18-28(35)34(25)30)15-14-19-8-13-26(38-2)27(16-19)39-3/h4-13,16,25,30,32H,14-15,17-18H2,1-3H3/t25-,30-/m0/s1. The lowest BCUT2D eigenvalue weighted by Gasteiger charge is -2.47. The Bertz CT molecular complexity index is 1540. The number of hydrogen-bond donors (Lipinski definition) is 1. The largest absolute Gasteiger partial charge is 0.497 e. The topological polar surface area (TPSA) is 84.1 Å². The van der Waals surface area contributed by atoms with Crippen molar-refractivity contribution < 1.29 is 23.8 Å². The van der Waals surface area contributed by atoms with Crippen LogP contribution in [0.15, 0.2) is 66.7 Å². The number of fused-ring (bicyclic) bond motifs is 4. The number of aromatic amines is 1. The van der Waals surface area contributed by atoms with Crippen molar-refractivity contribution in [2.45, 2.75) is 24.9 Å². The maximum absolute atomic E-state index is 14.0. The summed E-state index contributed by atoms with van der Waals surface area (Å²) in [6, 6.07) is 20.6. The maximum Gasteiger partial charge on any atom is 0.246 e. The molecule has 2 aliphatic rings. The highest BCUT2D eigenvalue weighted by Crippen LogP contribution is 2.42. The Kier molecular flexibility index (Phi) is 6.38. The van der Waals surface area contributed by atoms with Crippen LogP contribution in [0.5, 0.6) is 17.2 Å². The summed E-state index contributed by atoms with van der Waals surface area (Å²) >= 11 is 0. The van der Waals surface area contributed by atoms with Gasteiger partial charge in [0.2, 0.25) is 11.8 Å². The SMILES string of the molecule is COc1ccc([C@H]2c3[nH]c4ccccc4c3C[C@H]3C(=O)N(CCc4ccc(OC)c(OC)c4)CC(=O)N23)cc1. The number of rotatable bonds is 7. The number of para-hydroxylation sites is 1. The molecule has 3 heterocycles. The molecule has 6 rings (SSSR count). The second-order valence-electron chi connectivity index (χ2n) is 9.96. The van der Waals surface area contributed by atoms with Crippen molar-refractivity contribution in [1.29, 1.82) is 0 Å². The fourth-order valence-corrected chi connectivity index (χ4v) is 5.95. The second kappa shape index (κ2) is 10.0. The van der Waals surface area contributed by atoms with Gasteiger partial charge in [0.15, 0.2) is 11.5 Å². The van der Waals surface area contributed by atoms with E-state index in [0.29, 0.717) is 30.9 Å². The zero-order valence-electron chi connectivity index (χ0n) is 22.3. The molecule has 3 aromatic carbocycles.